The third-order valence-electron chi connectivity index (χ3n) is 5.01. The SMILES string of the molecule is Cc1ccc(Cl)cc1N1CCN(C(=O)CN(c2ccc(Cl)c(Cl)c2)S(C)(=O)=O)CC1. The number of benzene rings is 2. The van der Waals surface area contributed by atoms with Crippen LogP contribution in [0, 0.1) is 6.92 Å². The first-order chi connectivity index (χ1) is 14.1. The Labute approximate surface area is 192 Å². The highest BCUT2D eigenvalue weighted by atomic mass is 35.5. The molecule has 1 aliphatic heterocycles. The topological polar surface area (TPSA) is 60.9 Å². The van der Waals surface area contributed by atoms with Crippen molar-refractivity contribution in [2.45, 2.75) is 6.92 Å². The van der Waals surface area contributed by atoms with Crippen LogP contribution in [-0.2, 0) is 14.8 Å². The molecular weight excluding hydrogens is 469 g/mol. The van der Waals surface area contributed by atoms with E-state index in [1.165, 1.54) is 18.2 Å². The summed E-state index contributed by atoms with van der Waals surface area (Å²) in [5, 5.41) is 1.20. The molecule has 3 rings (SSSR count). The summed E-state index contributed by atoms with van der Waals surface area (Å²) in [4.78, 5) is 16.7. The molecule has 0 atom stereocenters. The second-order valence-corrected chi connectivity index (χ2v) is 10.3. The number of carbonyl (C=O) groups excluding carboxylic acids is 1. The minimum atomic E-state index is -3.69. The van der Waals surface area contributed by atoms with E-state index in [4.69, 9.17) is 34.8 Å². The molecule has 10 heteroatoms. The van der Waals surface area contributed by atoms with Crippen LogP contribution in [0.4, 0.5) is 11.4 Å². The minimum absolute atomic E-state index is 0.223. The van der Waals surface area contributed by atoms with Gasteiger partial charge >= 0.3 is 0 Å². The van der Waals surface area contributed by atoms with E-state index in [1.54, 1.807) is 4.90 Å². The lowest BCUT2D eigenvalue weighted by Gasteiger charge is -2.37. The van der Waals surface area contributed by atoms with Crippen LogP contribution < -0.4 is 9.21 Å². The Balaban J connectivity index is 1.70. The van der Waals surface area contributed by atoms with Gasteiger partial charge in [0.05, 0.1) is 22.0 Å². The van der Waals surface area contributed by atoms with Crippen LogP contribution >= 0.6 is 34.8 Å². The quantitative estimate of drug-likeness (QED) is 0.634. The maximum absolute atomic E-state index is 12.9. The van der Waals surface area contributed by atoms with Gasteiger partial charge in [0.25, 0.3) is 0 Å². The fraction of sp³-hybridized carbons (Fsp3) is 0.350. The van der Waals surface area contributed by atoms with Gasteiger partial charge in [0, 0.05) is 36.9 Å². The van der Waals surface area contributed by atoms with E-state index in [9.17, 15) is 13.2 Å². The van der Waals surface area contributed by atoms with Gasteiger partial charge in [0.1, 0.15) is 6.54 Å². The van der Waals surface area contributed by atoms with Crippen LogP contribution in [0.25, 0.3) is 0 Å². The summed E-state index contributed by atoms with van der Waals surface area (Å²) >= 11 is 18.1. The molecule has 0 aromatic heterocycles. The minimum Gasteiger partial charge on any atom is -0.368 e. The molecule has 1 heterocycles. The second kappa shape index (κ2) is 9.22. The van der Waals surface area contributed by atoms with Crippen molar-refractivity contribution >= 4 is 62.1 Å². The number of sulfonamides is 1. The number of aryl methyl sites for hydroxylation is 1. The largest absolute Gasteiger partial charge is 0.368 e. The first-order valence-electron chi connectivity index (χ1n) is 9.28. The highest BCUT2D eigenvalue weighted by molar-refractivity contribution is 7.92. The van der Waals surface area contributed by atoms with Gasteiger partial charge in [0.2, 0.25) is 15.9 Å². The number of piperazine rings is 1. The van der Waals surface area contributed by atoms with Gasteiger partial charge < -0.3 is 9.80 Å². The molecule has 6 nitrogen and oxygen atoms in total. The highest BCUT2D eigenvalue weighted by Crippen LogP contribution is 2.29. The molecule has 2 aromatic carbocycles. The molecule has 2 aromatic rings. The molecular formula is C20H22Cl3N3O3S. The first kappa shape index (κ1) is 23.0. The molecule has 1 amide bonds. The van der Waals surface area contributed by atoms with E-state index in [1.807, 2.05) is 25.1 Å². The molecule has 1 aliphatic rings. The molecule has 0 unspecified atom stereocenters. The summed E-state index contributed by atoms with van der Waals surface area (Å²) in [5.74, 6) is -0.269. The van der Waals surface area contributed by atoms with Crippen molar-refractivity contribution < 1.29 is 13.2 Å². The molecule has 0 N–H and O–H groups in total. The second-order valence-electron chi connectivity index (χ2n) is 7.17. The molecule has 1 fully saturated rings. The zero-order chi connectivity index (χ0) is 22.1. The molecule has 0 bridgehead atoms. The Kier molecular flexibility index (Phi) is 7.07. The molecule has 162 valence electrons. The molecule has 0 aliphatic carbocycles. The number of nitrogens with zero attached hydrogens (tertiary/aromatic N) is 3. The van der Waals surface area contributed by atoms with Crippen LogP contribution in [0.5, 0.6) is 0 Å². The number of halogens is 3. The standard InChI is InChI=1S/C20H22Cl3N3O3S/c1-14-3-4-15(21)11-19(14)24-7-9-25(10-8-24)20(27)13-26(30(2,28)29)16-5-6-17(22)18(23)12-16/h3-6,11-12H,7-10,13H2,1-2H3. The van der Waals surface area contributed by atoms with E-state index in [-0.39, 0.29) is 17.5 Å². The van der Waals surface area contributed by atoms with Gasteiger partial charge in [-0.3, -0.25) is 9.10 Å². The van der Waals surface area contributed by atoms with E-state index in [0.29, 0.717) is 41.9 Å². The molecule has 0 radical (unpaired) electrons. The Morgan fingerprint density at radius 3 is 2.27 bits per heavy atom. The number of anilines is 2. The molecule has 0 spiro atoms. The van der Waals surface area contributed by atoms with Gasteiger partial charge in [-0.05, 0) is 42.8 Å². The third-order valence-corrected chi connectivity index (χ3v) is 7.13. The Morgan fingerprint density at radius 2 is 1.67 bits per heavy atom. The fourth-order valence-electron chi connectivity index (χ4n) is 3.38. The van der Waals surface area contributed by atoms with E-state index < -0.39 is 10.0 Å². The highest BCUT2D eigenvalue weighted by Gasteiger charge is 2.27. The van der Waals surface area contributed by atoms with Gasteiger partial charge in [-0.15, -0.1) is 0 Å². The normalized spacial score (nSPS) is 14.7. The number of carbonyl (C=O) groups is 1. The predicted molar refractivity (Wildman–Crippen MR) is 124 cm³/mol. The Hall–Kier alpha value is -1.67. The summed E-state index contributed by atoms with van der Waals surface area (Å²) in [7, 11) is -3.69. The van der Waals surface area contributed by atoms with E-state index >= 15 is 0 Å². The van der Waals surface area contributed by atoms with Gasteiger partial charge in [0.15, 0.2) is 0 Å². The molecule has 1 saturated heterocycles. The van der Waals surface area contributed by atoms with Crippen LogP contribution in [0.15, 0.2) is 36.4 Å². The Bertz CT molecular complexity index is 1050. The first-order valence-corrected chi connectivity index (χ1v) is 12.3. The van der Waals surface area contributed by atoms with Crippen molar-refractivity contribution in [2.24, 2.45) is 0 Å². The molecule has 30 heavy (non-hydrogen) atoms. The fourth-order valence-corrected chi connectivity index (χ4v) is 4.68. The molecule has 0 saturated carbocycles. The Morgan fingerprint density at radius 1 is 1.00 bits per heavy atom. The summed E-state index contributed by atoms with van der Waals surface area (Å²) < 4.78 is 25.7. The van der Waals surface area contributed by atoms with Crippen molar-refractivity contribution in [2.75, 3.05) is 48.2 Å². The number of amides is 1. The monoisotopic (exact) mass is 489 g/mol. The van der Waals surface area contributed by atoms with Gasteiger partial charge in [-0.25, -0.2) is 8.42 Å². The number of hydrogen-bond donors (Lipinski definition) is 0. The van der Waals surface area contributed by atoms with Crippen LogP contribution in [-0.4, -0.2) is 58.2 Å². The van der Waals surface area contributed by atoms with E-state index in [0.717, 1.165) is 21.8 Å². The summed E-state index contributed by atoms with van der Waals surface area (Å²) in [5.41, 5.74) is 2.46. The van der Waals surface area contributed by atoms with Crippen LogP contribution in [0.2, 0.25) is 15.1 Å². The predicted octanol–water partition coefficient (Wildman–Crippen LogP) is 4.07. The summed E-state index contributed by atoms with van der Waals surface area (Å²) in [6, 6.07) is 10.2. The number of rotatable bonds is 5. The lowest BCUT2D eigenvalue weighted by Crippen LogP contribution is -2.52. The van der Waals surface area contributed by atoms with E-state index in [2.05, 4.69) is 4.90 Å². The number of hydrogen-bond acceptors (Lipinski definition) is 4. The van der Waals surface area contributed by atoms with Crippen molar-refractivity contribution in [3.63, 3.8) is 0 Å². The zero-order valence-corrected chi connectivity index (χ0v) is 19.7. The lowest BCUT2D eigenvalue weighted by molar-refractivity contribution is -0.129. The maximum Gasteiger partial charge on any atom is 0.243 e. The smallest absolute Gasteiger partial charge is 0.243 e. The van der Waals surface area contributed by atoms with Crippen LogP contribution in [0.3, 0.4) is 0 Å². The van der Waals surface area contributed by atoms with Gasteiger partial charge in [-0.2, -0.15) is 0 Å². The lowest BCUT2D eigenvalue weighted by atomic mass is 10.1. The van der Waals surface area contributed by atoms with Crippen molar-refractivity contribution in [1.29, 1.82) is 0 Å². The zero-order valence-electron chi connectivity index (χ0n) is 16.6. The van der Waals surface area contributed by atoms with Crippen molar-refractivity contribution in [1.82, 2.24) is 4.90 Å². The van der Waals surface area contributed by atoms with Crippen molar-refractivity contribution in [3.8, 4) is 0 Å². The van der Waals surface area contributed by atoms with Crippen LogP contribution in [0.1, 0.15) is 5.56 Å². The average molecular weight is 491 g/mol. The average Bonchev–Trinajstić information content (AvgIpc) is 2.69. The summed E-state index contributed by atoms with van der Waals surface area (Å²) in [6.07, 6.45) is 1.06. The third kappa shape index (κ3) is 5.32. The van der Waals surface area contributed by atoms with Crippen molar-refractivity contribution in [3.05, 3.63) is 57.0 Å². The maximum atomic E-state index is 12.9. The summed E-state index contributed by atoms with van der Waals surface area (Å²) in [6.45, 7) is 3.97. The van der Waals surface area contributed by atoms with Gasteiger partial charge in [-0.1, -0.05) is 40.9 Å².